The van der Waals surface area contributed by atoms with Crippen LogP contribution in [0.15, 0.2) is 48.7 Å². The van der Waals surface area contributed by atoms with Gasteiger partial charge in [-0.1, -0.05) is 6.07 Å². The molecule has 0 bridgehead atoms. The molecule has 5 heteroatoms. The van der Waals surface area contributed by atoms with Gasteiger partial charge < -0.3 is 15.5 Å². The molecule has 3 rings (SSSR count). The Hall–Kier alpha value is -2.56. The summed E-state index contributed by atoms with van der Waals surface area (Å²) < 4.78 is 0. The van der Waals surface area contributed by atoms with Crippen LogP contribution in [0.2, 0.25) is 0 Å². The van der Waals surface area contributed by atoms with E-state index in [0.717, 1.165) is 24.5 Å². The van der Waals surface area contributed by atoms with Crippen LogP contribution in [-0.2, 0) is 0 Å². The second-order valence-corrected chi connectivity index (χ2v) is 5.09. The molecule has 0 atom stereocenters. The molecule has 1 aromatic heterocycles. The number of amides is 1. The van der Waals surface area contributed by atoms with Crippen LogP contribution in [0.3, 0.4) is 0 Å². The summed E-state index contributed by atoms with van der Waals surface area (Å²) in [6.07, 6.45) is 1.65. The summed E-state index contributed by atoms with van der Waals surface area (Å²) in [7, 11) is 0. The number of pyridine rings is 1. The first-order valence-corrected chi connectivity index (χ1v) is 7.05. The van der Waals surface area contributed by atoms with Gasteiger partial charge in [0.2, 0.25) is 0 Å². The highest BCUT2D eigenvalue weighted by atomic mass is 16.2. The van der Waals surface area contributed by atoms with Crippen LogP contribution in [0, 0.1) is 0 Å². The molecule has 1 amide bonds. The quantitative estimate of drug-likeness (QED) is 0.850. The number of hydrogen-bond donors (Lipinski definition) is 1. The predicted molar refractivity (Wildman–Crippen MR) is 83.2 cm³/mol. The second kappa shape index (κ2) is 5.83. The monoisotopic (exact) mass is 282 g/mol. The Labute approximate surface area is 124 Å². The Kier molecular flexibility index (Phi) is 3.73. The number of piperazine rings is 1. The highest BCUT2D eigenvalue weighted by Crippen LogP contribution is 2.18. The molecule has 1 fully saturated rings. The van der Waals surface area contributed by atoms with Gasteiger partial charge in [-0.2, -0.15) is 0 Å². The highest BCUT2D eigenvalue weighted by Gasteiger charge is 2.22. The Morgan fingerprint density at radius 1 is 1.00 bits per heavy atom. The van der Waals surface area contributed by atoms with Gasteiger partial charge in [-0.3, -0.25) is 9.78 Å². The van der Waals surface area contributed by atoms with Crippen molar-refractivity contribution in [2.75, 3.05) is 36.8 Å². The van der Waals surface area contributed by atoms with Crippen molar-refractivity contribution in [1.82, 2.24) is 9.88 Å². The molecule has 2 heterocycles. The molecular formula is C16H18N4O. The molecule has 0 radical (unpaired) electrons. The third-order valence-corrected chi connectivity index (χ3v) is 3.71. The maximum absolute atomic E-state index is 12.3. The lowest BCUT2D eigenvalue weighted by Crippen LogP contribution is -2.49. The zero-order chi connectivity index (χ0) is 14.7. The third kappa shape index (κ3) is 2.97. The normalized spacial score (nSPS) is 15.0. The third-order valence-electron chi connectivity index (χ3n) is 3.71. The molecule has 0 aliphatic carbocycles. The fourth-order valence-electron chi connectivity index (χ4n) is 2.50. The number of anilines is 2. The van der Waals surface area contributed by atoms with E-state index < -0.39 is 0 Å². The molecule has 0 unspecified atom stereocenters. The molecule has 2 N–H and O–H groups in total. The van der Waals surface area contributed by atoms with Gasteiger partial charge >= 0.3 is 0 Å². The summed E-state index contributed by atoms with van der Waals surface area (Å²) in [5, 5.41) is 0. The van der Waals surface area contributed by atoms with Crippen molar-refractivity contribution in [2.24, 2.45) is 0 Å². The number of benzene rings is 1. The number of aromatic nitrogens is 1. The molecule has 1 aliphatic heterocycles. The van der Waals surface area contributed by atoms with Crippen molar-refractivity contribution >= 4 is 17.3 Å². The minimum Gasteiger partial charge on any atom is -0.399 e. The lowest BCUT2D eigenvalue weighted by atomic mass is 10.2. The number of carbonyl (C=O) groups is 1. The van der Waals surface area contributed by atoms with Crippen molar-refractivity contribution in [3.05, 3.63) is 54.4 Å². The van der Waals surface area contributed by atoms with E-state index in [0.29, 0.717) is 18.8 Å². The Morgan fingerprint density at radius 3 is 2.33 bits per heavy atom. The molecule has 0 saturated carbocycles. The Balaban J connectivity index is 1.63. The van der Waals surface area contributed by atoms with Gasteiger partial charge in [0.05, 0.1) is 0 Å². The van der Waals surface area contributed by atoms with E-state index in [-0.39, 0.29) is 5.91 Å². The average molecular weight is 282 g/mol. The maximum Gasteiger partial charge on any atom is 0.272 e. The van der Waals surface area contributed by atoms with Crippen LogP contribution in [0.5, 0.6) is 0 Å². The van der Waals surface area contributed by atoms with E-state index in [1.54, 1.807) is 12.3 Å². The second-order valence-electron chi connectivity index (χ2n) is 5.09. The van der Waals surface area contributed by atoms with Gasteiger partial charge in [0, 0.05) is 43.8 Å². The number of carbonyl (C=O) groups excluding carboxylic acids is 1. The van der Waals surface area contributed by atoms with E-state index in [4.69, 9.17) is 5.73 Å². The summed E-state index contributed by atoms with van der Waals surface area (Å²) in [6.45, 7) is 3.06. The van der Waals surface area contributed by atoms with E-state index >= 15 is 0 Å². The predicted octanol–water partition coefficient (Wildman–Crippen LogP) is 1.63. The van der Waals surface area contributed by atoms with Crippen LogP contribution in [0.4, 0.5) is 11.4 Å². The van der Waals surface area contributed by atoms with Crippen molar-refractivity contribution in [1.29, 1.82) is 0 Å². The van der Waals surface area contributed by atoms with Gasteiger partial charge in [0.25, 0.3) is 5.91 Å². The average Bonchev–Trinajstić information content (AvgIpc) is 2.56. The maximum atomic E-state index is 12.3. The van der Waals surface area contributed by atoms with Crippen molar-refractivity contribution < 1.29 is 4.79 Å². The van der Waals surface area contributed by atoms with Crippen molar-refractivity contribution in [3.63, 3.8) is 0 Å². The molecule has 1 aliphatic rings. The number of nitrogens with two attached hydrogens (primary N) is 1. The number of hydrogen-bond acceptors (Lipinski definition) is 4. The molecule has 5 nitrogen and oxygen atoms in total. The highest BCUT2D eigenvalue weighted by molar-refractivity contribution is 5.92. The zero-order valence-electron chi connectivity index (χ0n) is 11.8. The van der Waals surface area contributed by atoms with Gasteiger partial charge in [0.1, 0.15) is 5.69 Å². The number of nitrogen functional groups attached to an aromatic ring is 1. The van der Waals surface area contributed by atoms with Crippen molar-refractivity contribution in [2.45, 2.75) is 0 Å². The van der Waals surface area contributed by atoms with Crippen molar-refractivity contribution in [3.8, 4) is 0 Å². The summed E-state index contributed by atoms with van der Waals surface area (Å²) in [5.74, 6) is 0.00700. The van der Waals surface area contributed by atoms with E-state index in [2.05, 4.69) is 9.88 Å². The van der Waals surface area contributed by atoms with E-state index in [1.165, 1.54) is 0 Å². The minimum atomic E-state index is 0.00700. The van der Waals surface area contributed by atoms with Gasteiger partial charge in [0.15, 0.2) is 0 Å². The Morgan fingerprint density at radius 2 is 1.71 bits per heavy atom. The first kappa shape index (κ1) is 13.4. The fraction of sp³-hybridized carbons (Fsp3) is 0.250. The standard InChI is InChI=1S/C16H18N4O/c17-13-4-6-14(7-5-13)19-9-11-20(12-10-19)16(21)15-3-1-2-8-18-15/h1-8H,9-12,17H2. The molecule has 21 heavy (non-hydrogen) atoms. The zero-order valence-corrected chi connectivity index (χ0v) is 11.8. The molecule has 1 saturated heterocycles. The van der Waals surface area contributed by atoms with Crippen LogP contribution < -0.4 is 10.6 Å². The Bertz CT molecular complexity index is 604. The smallest absolute Gasteiger partial charge is 0.272 e. The summed E-state index contributed by atoms with van der Waals surface area (Å²) in [5.41, 5.74) is 8.13. The van der Waals surface area contributed by atoms with Crippen LogP contribution in [0.1, 0.15) is 10.5 Å². The fourth-order valence-corrected chi connectivity index (χ4v) is 2.50. The minimum absolute atomic E-state index is 0.00700. The molecule has 108 valence electrons. The summed E-state index contributed by atoms with van der Waals surface area (Å²) in [6, 6.07) is 13.3. The largest absolute Gasteiger partial charge is 0.399 e. The van der Waals surface area contributed by atoms with E-state index in [9.17, 15) is 4.79 Å². The van der Waals surface area contributed by atoms with Crippen LogP contribution >= 0.6 is 0 Å². The molecule has 0 spiro atoms. The topological polar surface area (TPSA) is 62.5 Å². The lowest BCUT2D eigenvalue weighted by molar-refractivity contribution is 0.0741. The molecule has 2 aromatic rings. The first-order valence-electron chi connectivity index (χ1n) is 7.05. The molecular weight excluding hydrogens is 264 g/mol. The van der Waals surface area contributed by atoms with Gasteiger partial charge in [-0.25, -0.2) is 0 Å². The summed E-state index contributed by atoms with van der Waals surface area (Å²) in [4.78, 5) is 20.6. The number of nitrogens with zero attached hydrogens (tertiary/aromatic N) is 3. The number of rotatable bonds is 2. The van der Waals surface area contributed by atoms with E-state index in [1.807, 2.05) is 41.3 Å². The van der Waals surface area contributed by atoms with Gasteiger partial charge in [-0.05, 0) is 36.4 Å². The summed E-state index contributed by atoms with van der Waals surface area (Å²) >= 11 is 0. The van der Waals surface area contributed by atoms with Crippen LogP contribution in [0.25, 0.3) is 0 Å². The first-order chi connectivity index (χ1) is 10.2. The molecule has 1 aromatic carbocycles. The van der Waals surface area contributed by atoms with Crippen LogP contribution in [-0.4, -0.2) is 42.0 Å². The SMILES string of the molecule is Nc1ccc(N2CCN(C(=O)c3ccccn3)CC2)cc1. The lowest BCUT2D eigenvalue weighted by Gasteiger charge is -2.36. The van der Waals surface area contributed by atoms with Gasteiger partial charge in [-0.15, -0.1) is 0 Å².